The van der Waals surface area contributed by atoms with Gasteiger partial charge in [-0.15, -0.1) is 0 Å². The second kappa shape index (κ2) is 2.85. The molecule has 0 unspecified atom stereocenters. The molecule has 0 atom stereocenters. The molecule has 0 aromatic heterocycles. The Hall–Kier alpha value is -0.780. The van der Waals surface area contributed by atoms with E-state index in [9.17, 15) is 0 Å². The first-order valence-electron chi connectivity index (χ1n) is 5.97. The minimum atomic E-state index is 0.652. The van der Waals surface area contributed by atoms with Gasteiger partial charge in [0.2, 0.25) is 0 Å². The summed E-state index contributed by atoms with van der Waals surface area (Å²) in [6.07, 6.45) is 8.32. The van der Waals surface area contributed by atoms with Crippen LogP contribution in [0.2, 0.25) is 0 Å². The topological polar surface area (TPSA) is 0 Å². The molecule has 1 aromatic rings. The SMILES string of the molecule is CCc1cccc2c1CCCC21CC1. The van der Waals surface area contributed by atoms with Crippen LogP contribution in [0.15, 0.2) is 18.2 Å². The lowest BCUT2D eigenvalue weighted by Gasteiger charge is -2.27. The van der Waals surface area contributed by atoms with Gasteiger partial charge in [0.05, 0.1) is 0 Å². The zero-order chi connectivity index (χ0) is 9.60. The van der Waals surface area contributed by atoms with Crippen molar-refractivity contribution in [3.63, 3.8) is 0 Å². The Kier molecular flexibility index (Phi) is 1.74. The molecule has 3 rings (SSSR count). The summed E-state index contributed by atoms with van der Waals surface area (Å²) in [6, 6.07) is 6.98. The van der Waals surface area contributed by atoms with Crippen LogP contribution >= 0.6 is 0 Å². The molecule has 74 valence electrons. The van der Waals surface area contributed by atoms with Crippen LogP contribution in [0.4, 0.5) is 0 Å². The molecule has 1 aromatic carbocycles. The van der Waals surface area contributed by atoms with Crippen molar-refractivity contribution in [2.75, 3.05) is 0 Å². The Balaban J connectivity index is 2.15. The fraction of sp³-hybridized carbons (Fsp3) is 0.571. The highest BCUT2D eigenvalue weighted by atomic mass is 14.5. The van der Waals surface area contributed by atoms with Gasteiger partial charge in [-0.2, -0.15) is 0 Å². The second-order valence-electron chi connectivity index (χ2n) is 4.93. The van der Waals surface area contributed by atoms with Crippen molar-refractivity contribution in [2.45, 2.75) is 50.9 Å². The van der Waals surface area contributed by atoms with Gasteiger partial charge in [0, 0.05) is 0 Å². The Bertz CT molecular complexity index is 358. The van der Waals surface area contributed by atoms with E-state index in [4.69, 9.17) is 0 Å². The summed E-state index contributed by atoms with van der Waals surface area (Å²) in [4.78, 5) is 0. The van der Waals surface area contributed by atoms with Gasteiger partial charge >= 0.3 is 0 Å². The Morgan fingerprint density at radius 1 is 1.21 bits per heavy atom. The fourth-order valence-electron chi connectivity index (χ4n) is 3.17. The van der Waals surface area contributed by atoms with E-state index in [-0.39, 0.29) is 0 Å². The summed E-state index contributed by atoms with van der Waals surface area (Å²) in [7, 11) is 0. The van der Waals surface area contributed by atoms with Crippen LogP contribution in [-0.4, -0.2) is 0 Å². The highest BCUT2D eigenvalue weighted by molar-refractivity contribution is 5.45. The maximum absolute atomic E-state index is 2.39. The maximum atomic E-state index is 2.39. The van der Waals surface area contributed by atoms with E-state index >= 15 is 0 Å². The van der Waals surface area contributed by atoms with Crippen LogP contribution in [0.25, 0.3) is 0 Å². The van der Waals surface area contributed by atoms with E-state index < -0.39 is 0 Å². The van der Waals surface area contributed by atoms with E-state index in [1.165, 1.54) is 38.5 Å². The monoisotopic (exact) mass is 186 g/mol. The molecule has 0 N–H and O–H groups in total. The average molecular weight is 186 g/mol. The normalized spacial score (nSPS) is 22.1. The summed E-state index contributed by atoms with van der Waals surface area (Å²) < 4.78 is 0. The predicted molar refractivity (Wildman–Crippen MR) is 59.7 cm³/mol. The number of benzene rings is 1. The lowest BCUT2D eigenvalue weighted by molar-refractivity contribution is 0.539. The van der Waals surface area contributed by atoms with Crippen LogP contribution in [0.1, 0.15) is 49.3 Å². The van der Waals surface area contributed by atoms with E-state index in [0.29, 0.717) is 5.41 Å². The molecule has 1 saturated carbocycles. The average Bonchev–Trinajstić information content (AvgIpc) is 2.99. The van der Waals surface area contributed by atoms with Gasteiger partial charge in [-0.1, -0.05) is 25.1 Å². The largest absolute Gasteiger partial charge is 0.0617 e. The number of aryl methyl sites for hydroxylation is 1. The summed E-state index contributed by atoms with van der Waals surface area (Å²) in [6.45, 7) is 2.28. The summed E-state index contributed by atoms with van der Waals surface area (Å²) in [5.41, 5.74) is 5.68. The summed E-state index contributed by atoms with van der Waals surface area (Å²) in [5, 5.41) is 0. The standard InChI is InChI=1S/C14H18/c1-2-11-5-3-7-13-12(11)6-4-8-14(13)9-10-14/h3,5,7H,2,4,6,8-10H2,1H3. The summed E-state index contributed by atoms with van der Waals surface area (Å²) >= 11 is 0. The van der Waals surface area contributed by atoms with Gasteiger partial charge in [-0.25, -0.2) is 0 Å². The van der Waals surface area contributed by atoms with E-state index in [1.807, 2.05) is 0 Å². The van der Waals surface area contributed by atoms with Gasteiger partial charge in [-0.05, 0) is 60.6 Å². The van der Waals surface area contributed by atoms with Gasteiger partial charge in [0.1, 0.15) is 0 Å². The predicted octanol–water partition coefficient (Wildman–Crippen LogP) is 3.62. The van der Waals surface area contributed by atoms with E-state index in [1.54, 1.807) is 16.7 Å². The molecule has 1 fully saturated rings. The third-order valence-corrected chi connectivity index (χ3v) is 4.16. The van der Waals surface area contributed by atoms with Crippen LogP contribution in [0, 0.1) is 0 Å². The molecule has 1 spiro atoms. The molecule has 0 heterocycles. The smallest absolute Gasteiger partial charge is 0.00434 e. The Morgan fingerprint density at radius 2 is 2.07 bits per heavy atom. The zero-order valence-corrected chi connectivity index (χ0v) is 8.97. The molecule has 0 bridgehead atoms. The number of hydrogen-bond acceptors (Lipinski definition) is 0. The molecule has 2 aliphatic carbocycles. The molecular weight excluding hydrogens is 168 g/mol. The van der Waals surface area contributed by atoms with Crippen molar-refractivity contribution in [3.05, 3.63) is 34.9 Å². The third kappa shape index (κ3) is 1.06. The molecule has 0 heteroatoms. The molecule has 0 aliphatic heterocycles. The van der Waals surface area contributed by atoms with Gasteiger partial charge in [0.25, 0.3) is 0 Å². The van der Waals surface area contributed by atoms with Crippen molar-refractivity contribution in [1.82, 2.24) is 0 Å². The van der Waals surface area contributed by atoms with Crippen molar-refractivity contribution in [2.24, 2.45) is 0 Å². The summed E-state index contributed by atoms with van der Waals surface area (Å²) in [5.74, 6) is 0. The second-order valence-corrected chi connectivity index (χ2v) is 4.93. The van der Waals surface area contributed by atoms with Crippen LogP contribution in [0.5, 0.6) is 0 Å². The van der Waals surface area contributed by atoms with Crippen LogP contribution < -0.4 is 0 Å². The number of rotatable bonds is 1. The Morgan fingerprint density at radius 3 is 2.79 bits per heavy atom. The lowest BCUT2D eigenvalue weighted by atomic mass is 9.78. The first-order valence-corrected chi connectivity index (χ1v) is 5.97. The van der Waals surface area contributed by atoms with Crippen LogP contribution in [0.3, 0.4) is 0 Å². The van der Waals surface area contributed by atoms with Crippen LogP contribution in [-0.2, 0) is 18.3 Å². The zero-order valence-electron chi connectivity index (χ0n) is 8.97. The van der Waals surface area contributed by atoms with Crippen molar-refractivity contribution in [3.8, 4) is 0 Å². The van der Waals surface area contributed by atoms with Crippen molar-refractivity contribution >= 4 is 0 Å². The van der Waals surface area contributed by atoms with E-state index in [2.05, 4.69) is 25.1 Å². The minimum Gasteiger partial charge on any atom is -0.0617 e. The molecule has 0 radical (unpaired) electrons. The maximum Gasteiger partial charge on any atom is -0.00434 e. The highest BCUT2D eigenvalue weighted by Crippen LogP contribution is 2.55. The quantitative estimate of drug-likeness (QED) is 0.628. The highest BCUT2D eigenvalue weighted by Gasteiger charge is 2.46. The van der Waals surface area contributed by atoms with Crippen molar-refractivity contribution in [1.29, 1.82) is 0 Å². The van der Waals surface area contributed by atoms with Gasteiger partial charge < -0.3 is 0 Å². The third-order valence-electron chi connectivity index (χ3n) is 4.16. The first kappa shape index (κ1) is 8.52. The van der Waals surface area contributed by atoms with Gasteiger partial charge in [-0.3, -0.25) is 0 Å². The molecule has 0 saturated heterocycles. The molecular formula is C14H18. The first-order chi connectivity index (χ1) is 6.86. The lowest BCUT2D eigenvalue weighted by Crippen LogP contribution is -2.17. The molecule has 14 heavy (non-hydrogen) atoms. The van der Waals surface area contributed by atoms with Crippen molar-refractivity contribution < 1.29 is 0 Å². The number of hydrogen-bond donors (Lipinski definition) is 0. The fourth-order valence-corrected chi connectivity index (χ4v) is 3.17. The molecule has 0 nitrogen and oxygen atoms in total. The van der Waals surface area contributed by atoms with Gasteiger partial charge in [0.15, 0.2) is 0 Å². The number of fused-ring (bicyclic) bond motifs is 2. The Labute approximate surface area is 86.3 Å². The molecule has 2 aliphatic rings. The molecule has 0 amide bonds. The van der Waals surface area contributed by atoms with E-state index in [0.717, 1.165) is 0 Å². The minimum absolute atomic E-state index is 0.652.